The summed E-state index contributed by atoms with van der Waals surface area (Å²) in [7, 11) is 1.79. The van der Waals surface area contributed by atoms with Crippen LogP contribution in [0.1, 0.15) is 10.4 Å². The fraction of sp³-hybridized carbons (Fsp3) is 0.154. The summed E-state index contributed by atoms with van der Waals surface area (Å²) < 4.78 is 32.6. The number of aryl methyl sites for hydroxylation is 1. The maximum absolute atomic E-state index is 13.2. The number of carbonyl (C=O) groups is 1. The van der Waals surface area contributed by atoms with Gasteiger partial charge in [0.1, 0.15) is 5.82 Å². The van der Waals surface area contributed by atoms with Gasteiger partial charge in [0.25, 0.3) is 0 Å². The van der Waals surface area contributed by atoms with Crippen LogP contribution in [0.15, 0.2) is 36.7 Å². The molecule has 0 spiro atoms. The minimum absolute atomic E-state index is 0.138. The van der Waals surface area contributed by atoms with Crippen LogP contribution in [-0.2, 0) is 7.05 Å². The number of hydrogen-bond donors (Lipinski definition) is 0. The summed E-state index contributed by atoms with van der Waals surface area (Å²) >= 11 is 0. The van der Waals surface area contributed by atoms with Crippen LogP contribution >= 0.6 is 0 Å². The molecule has 0 amide bonds. The van der Waals surface area contributed by atoms with Gasteiger partial charge in [0.2, 0.25) is 5.78 Å². The topological polar surface area (TPSA) is 31.2 Å². The van der Waals surface area contributed by atoms with Crippen LogP contribution in [0.5, 0.6) is 5.75 Å². The Hall–Kier alpha value is -2.17. The molecule has 0 saturated heterocycles. The maximum atomic E-state index is 13.2. The van der Waals surface area contributed by atoms with Gasteiger partial charge < -0.3 is 9.30 Å². The molecule has 2 aromatic rings. The average molecular weight is 251 g/mol. The van der Waals surface area contributed by atoms with Crippen molar-refractivity contribution >= 4 is 5.78 Å². The first-order valence-electron chi connectivity index (χ1n) is 5.29. The molecule has 0 N–H and O–H groups in total. The number of Topliss-reactive ketones (excluding diaryl/α,β-unsaturated/α-hetero) is 1. The largest absolute Gasteiger partial charge is 0.482 e. The third kappa shape index (κ3) is 2.74. The number of hydrogen-bond acceptors (Lipinski definition) is 2. The summed E-state index contributed by atoms with van der Waals surface area (Å²) in [5.74, 6) is -1.91. The van der Waals surface area contributed by atoms with E-state index in [2.05, 4.69) is 0 Å². The van der Waals surface area contributed by atoms with Gasteiger partial charge in [-0.05, 0) is 18.2 Å². The number of carbonyl (C=O) groups excluding carboxylic acids is 1. The van der Waals surface area contributed by atoms with Crippen LogP contribution in [0.3, 0.4) is 0 Å². The van der Waals surface area contributed by atoms with E-state index in [1.807, 2.05) is 0 Å². The smallest absolute Gasteiger partial charge is 0.201 e. The Morgan fingerprint density at radius 1 is 1.33 bits per heavy atom. The highest BCUT2D eigenvalue weighted by atomic mass is 19.1. The lowest BCUT2D eigenvalue weighted by Gasteiger charge is -2.05. The Bertz CT molecular complexity index is 578. The van der Waals surface area contributed by atoms with Crippen molar-refractivity contribution in [3.05, 3.63) is 53.9 Å². The summed E-state index contributed by atoms with van der Waals surface area (Å²) in [5, 5.41) is 0. The molecule has 0 saturated carbocycles. The van der Waals surface area contributed by atoms with Gasteiger partial charge in [-0.25, -0.2) is 8.78 Å². The van der Waals surface area contributed by atoms with Gasteiger partial charge in [0.15, 0.2) is 18.2 Å². The lowest BCUT2D eigenvalue weighted by atomic mass is 10.2. The van der Waals surface area contributed by atoms with Crippen LogP contribution in [0.25, 0.3) is 0 Å². The Kier molecular flexibility index (Phi) is 3.41. The molecular weight excluding hydrogens is 240 g/mol. The Labute approximate surface area is 103 Å². The summed E-state index contributed by atoms with van der Waals surface area (Å²) in [6.45, 7) is -0.285. The molecule has 94 valence electrons. The quantitative estimate of drug-likeness (QED) is 0.782. The van der Waals surface area contributed by atoms with Crippen molar-refractivity contribution in [3.63, 3.8) is 0 Å². The summed E-state index contributed by atoms with van der Waals surface area (Å²) in [4.78, 5) is 11.7. The van der Waals surface area contributed by atoms with Gasteiger partial charge in [0.05, 0.1) is 0 Å². The maximum Gasteiger partial charge on any atom is 0.201 e. The van der Waals surface area contributed by atoms with E-state index in [0.29, 0.717) is 11.6 Å². The molecule has 0 bridgehead atoms. The average Bonchev–Trinajstić information content (AvgIpc) is 2.74. The molecule has 1 aromatic heterocycles. The van der Waals surface area contributed by atoms with E-state index in [1.54, 1.807) is 30.1 Å². The summed E-state index contributed by atoms with van der Waals surface area (Å²) in [6, 6.07) is 4.59. The zero-order chi connectivity index (χ0) is 13.1. The zero-order valence-corrected chi connectivity index (χ0v) is 9.69. The Balaban J connectivity index is 2.01. The Morgan fingerprint density at radius 2 is 2.11 bits per heavy atom. The van der Waals surface area contributed by atoms with Gasteiger partial charge >= 0.3 is 0 Å². The summed E-state index contributed by atoms with van der Waals surface area (Å²) in [5.41, 5.74) is 0.486. The lowest BCUT2D eigenvalue weighted by molar-refractivity contribution is 0.0918. The number of halogens is 2. The first-order valence-corrected chi connectivity index (χ1v) is 5.29. The monoisotopic (exact) mass is 251 g/mol. The molecule has 18 heavy (non-hydrogen) atoms. The van der Waals surface area contributed by atoms with E-state index in [9.17, 15) is 13.6 Å². The van der Waals surface area contributed by atoms with E-state index in [0.717, 1.165) is 12.1 Å². The van der Waals surface area contributed by atoms with Crippen LogP contribution in [0.4, 0.5) is 8.78 Å². The SMILES string of the molecule is Cn1ccc(C(=O)COc2ccc(F)cc2F)c1. The molecular formula is C13H11F2NO2. The molecule has 0 aliphatic rings. The number of ketones is 1. The Morgan fingerprint density at radius 3 is 2.72 bits per heavy atom. The minimum Gasteiger partial charge on any atom is -0.482 e. The minimum atomic E-state index is -0.823. The molecule has 5 heteroatoms. The van der Waals surface area contributed by atoms with Gasteiger partial charge in [-0.1, -0.05) is 0 Å². The first kappa shape index (κ1) is 12.3. The third-order valence-corrected chi connectivity index (χ3v) is 2.41. The second-order valence-electron chi connectivity index (χ2n) is 3.85. The highest BCUT2D eigenvalue weighted by molar-refractivity contribution is 5.97. The van der Waals surface area contributed by atoms with Crippen LogP contribution in [-0.4, -0.2) is 17.0 Å². The standard InChI is InChI=1S/C13H11F2NO2/c1-16-5-4-9(7-16)12(17)8-18-13-3-2-10(14)6-11(13)15/h2-7H,8H2,1H3. The van der Waals surface area contributed by atoms with Gasteiger partial charge in [-0.3, -0.25) is 4.79 Å². The van der Waals surface area contributed by atoms with Gasteiger partial charge in [0, 0.05) is 31.1 Å². The van der Waals surface area contributed by atoms with Crippen molar-refractivity contribution in [2.24, 2.45) is 7.05 Å². The number of ether oxygens (including phenoxy) is 1. The fourth-order valence-electron chi connectivity index (χ4n) is 1.49. The van der Waals surface area contributed by atoms with Crippen LogP contribution in [0, 0.1) is 11.6 Å². The van der Waals surface area contributed by atoms with Crippen molar-refractivity contribution in [2.75, 3.05) is 6.61 Å². The third-order valence-electron chi connectivity index (χ3n) is 2.41. The molecule has 1 aromatic carbocycles. The molecule has 0 aliphatic heterocycles. The van der Waals surface area contributed by atoms with E-state index >= 15 is 0 Å². The molecule has 0 unspecified atom stereocenters. The second kappa shape index (κ2) is 5.00. The molecule has 3 nitrogen and oxygen atoms in total. The highest BCUT2D eigenvalue weighted by Crippen LogP contribution is 2.17. The molecule has 0 fully saturated rings. The second-order valence-corrected chi connectivity index (χ2v) is 3.85. The fourth-order valence-corrected chi connectivity index (χ4v) is 1.49. The first-order chi connectivity index (χ1) is 8.56. The van der Waals surface area contributed by atoms with E-state index in [4.69, 9.17) is 4.74 Å². The van der Waals surface area contributed by atoms with E-state index in [-0.39, 0.29) is 18.1 Å². The normalized spacial score (nSPS) is 10.4. The predicted molar refractivity (Wildman–Crippen MR) is 61.6 cm³/mol. The van der Waals surface area contributed by atoms with Crippen molar-refractivity contribution < 1.29 is 18.3 Å². The van der Waals surface area contributed by atoms with Crippen molar-refractivity contribution in [1.82, 2.24) is 4.57 Å². The van der Waals surface area contributed by atoms with Gasteiger partial charge in [-0.15, -0.1) is 0 Å². The summed E-state index contributed by atoms with van der Waals surface area (Å²) in [6.07, 6.45) is 3.37. The van der Waals surface area contributed by atoms with Gasteiger partial charge in [-0.2, -0.15) is 0 Å². The molecule has 0 atom stereocenters. The van der Waals surface area contributed by atoms with Crippen molar-refractivity contribution in [1.29, 1.82) is 0 Å². The molecule has 2 rings (SSSR count). The number of nitrogens with zero attached hydrogens (tertiary/aromatic N) is 1. The molecule has 0 aliphatic carbocycles. The van der Waals surface area contributed by atoms with Crippen LogP contribution in [0.2, 0.25) is 0 Å². The number of benzene rings is 1. The van der Waals surface area contributed by atoms with E-state index in [1.165, 1.54) is 0 Å². The van der Waals surface area contributed by atoms with Crippen LogP contribution < -0.4 is 4.74 Å². The van der Waals surface area contributed by atoms with Crippen molar-refractivity contribution in [3.8, 4) is 5.75 Å². The number of rotatable bonds is 4. The van der Waals surface area contributed by atoms with E-state index < -0.39 is 11.6 Å². The molecule has 0 radical (unpaired) electrons. The highest BCUT2D eigenvalue weighted by Gasteiger charge is 2.10. The zero-order valence-electron chi connectivity index (χ0n) is 9.69. The predicted octanol–water partition coefficient (Wildman–Crippen LogP) is 2.57. The number of aromatic nitrogens is 1. The van der Waals surface area contributed by atoms with Crippen molar-refractivity contribution in [2.45, 2.75) is 0 Å². The lowest BCUT2D eigenvalue weighted by Crippen LogP contribution is -2.11. The molecule has 1 heterocycles.